The molecule has 0 amide bonds. The van der Waals surface area contributed by atoms with Crippen molar-refractivity contribution < 1.29 is 17.9 Å². The first-order valence-corrected chi connectivity index (χ1v) is 13.5. The molecule has 0 unspecified atom stereocenters. The highest BCUT2D eigenvalue weighted by Crippen LogP contribution is 2.26. The molecule has 1 saturated heterocycles. The molecule has 0 bridgehead atoms. The molecule has 0 spiro atoms. The quantitative estimate of drug-likeness (QED) is 0.374. The van der Waals surface area contributed by atoms with Gasteiger partial charge in [-0.15, -0.1) is 0 Å². The average Bonchev–Trinajstić information content (AvgIpc) is 2.87. The minimum absolute atomic E-state index is 0.199. The van der Waals surface area contributed by atoms with Gasteiger partial charge in [0.15, 0.2) is 0 Å². The van der Waals surface area contributed by atoms with Gasteiger partial charge in [0.1, 0.15) is 5.75 Å². The van der Waals surface area contributed by atoms with Gasteiger partial charge in [-0.05, 0) is 53.6 Å². The minimum Gasteiger partial charge on any atom is -0.497 e. The van der Waals surface area contributed by atoms with Gasteiger partial charge in [-0.25, -0.2) is 8.42 Å². The van der Waals surface area contributed by atoms with Crippen molar-refractivity contribution in [3.05, 3.63) is 94.0 Å². The molecule has 3 aromatic carbocycles. The SMILES string of the molecule is COc1cccc(CO[C@H](CN2CCN(S(=O)(=O)c3cccc(Cl)c3)CC2)c2ccc(Cl)cc2)c1. The standard InChI is InChI=1S/C26H28Cl2N2O4S/c1-33-24-6-2-4-20(16-24)19-34-26(21-8-10-22(27)11-9-21)18-29-12-14-30(15-13-29)35(31,32)25-7-3-5-23(28)17-25/h2-11,16-17,26H,12-15,18-19H2,1H3/t26-/m1/s1. The van der Waals surface area contributed by atoms with Crippen LogP contribution in [-0.4, -0.2) is 57.5 Å². The van der Waals surface area contributed by atoms with Gasteiger partial charge in [0.05, 0.1) is 24.7 Å². The Bertz CT molecular complexity index is 1230. The monoisotopic (exact) mass is 534 g/mol. The Balaban J connectivity index is 1.42. The van der Waals surface area contributed by atoms with E-state index in [9.17, 15) is 8.42 Å². The van der Waals surface area contributed by atoms with E-state index in [4.69, 9.17) is 32.7 Å². The van der Waals surface area contributed by atoms with E-state index in [-0.39, 0.29) is 11.0 Å². The number of hydrogen-bond donors (Lipinski definition) is 0. The van der Waals surface area contributed by atoms with Crippen LogP contribution >= 0.6 is 23.2 Å². The number of nitrogens with zero attached hydrogens (tertiary/aromatic N) is 2. The Hall–Kier alpha value is -2.13. The van der Waals surface area contributed by atoms with Crippen LogP contribution in [0, 0.1) is 0 Å². The molecular formula is C26H28Cl2N2O4S. The molecule has 35 heavy (non-hydrogen) atoms. The highest BCUT2D eigenvalue weighted by Gasteiger charge is 2.30. The molecule has 1 heterocycles. The molecule has 186 valence electrons. The van der Waals surface area contributed by atoms with Crippen LogP contribution in [0.15, 0.2) is 77.7 Å². The number of sulfonamides is 1. The van der Waals surface area contributed by atoms with E-state index in [0.29, 0.717) is 49.4 Å². The molecule has 0 N–H and O–H groups in total. The van der Waals surface area contributed by atoms with Gasteiger partial charge >= 0.3 is 0 Å². The smallest absolute Gasteiger partial charge is 0.243 e. The third-order valence-electron chi connectivity index (χ3n) is 6.02. The number of hydrogen-bond acceptors (Lipinski definition) is 5. The van der Waals surface area contributed by atoms with Crippen molar-refractivity contribution in [1.29, 1.82) is 0 Å². The van der Waals surface area contributed by atoms with Crippen LogP contribution in [-0.2, 0) is 21.4 Å². The minimum atomic E-state index is -3.58. The maximum atomic E-state index is 13.0. The average molecular weight is 535 g/mol. The van der Waals surface area contributed by atoms with Crippen molar-refractivity contribution in [3.8, 4) is 5.75 Å². The second-order valence-electron chi connectivity index (χ2n) is 8.36. The van der Waals surface area contributed by atoms with Crippen LogP contribution in [0.3, 0.4) is 0 Å². The Labute approximate surface area is 217 Å². The van der Waals surface area contributed by atoms with Crippen molar-refractivity contribution in [2.75, 3.05) is 39.8 Å². The number of piperazine rings is 1. The van der Waals surface area contributed by atoms with Crippen LogP contribution in [0.1, 0.15) is 17.2 Å². The predicted molar refractivity (Wildman–Crippen MR) is 139 cm³/mol. The van der Waals surface area contributed by atoms with E-state index in [0.717, 1.165) is 16.9 Å². The van der Waals surface area contributed by atoms with Crippen molar-refractivity contribution in [1.82, 2.24) is 9.21 Å². The lowest BCUT2D eigenvalue weighted by molar-refractivity contribution is 0.00767. The zero-order valence-electron chi connectivity index (χ0n) is 19.4. The second-order valence-corrected chi connectivity index (χ2v) is 11.2. The summed E-state index contributed by atoms with van der Waals surface area (Å²) in [6.07, 6.45) is -0.199. The van der Waals surface area contributed by atoms with Crippen molar-refractivity contribution in [3.63, 3.8) is 0 Å². The lowest BCUT2D eigenvalue weighted by atomic mass is 10.1. The summed E-state index contributed by atoms with van der Waals surface area (Å²) in [7, 11) is -1.94. The lowest BCUT2D eigenvalue weighted by Gasteiger charge is -2.36. The molecule has 1 aliphatic heterocycles. The molecule has 0 radical (unpaired) electrons. The first-order chi connectivity index (χ1) is 16.8. The van der Waals surface area contributed by atoms with Gasteiger partial charge in [-0.3, -0.25) is 4.90 Å². The fourth-order valence-electron chi connectivity index (χ4n) is 4.05. The molecule has 0 aliphatic carbocycles. The fraction of sp³-hybridized carbons (Fsp3) is 0.308. The van der Waals surface area contributed by atoms with E-state index in [1.807, 2.05) is 48.5 Å². The molecule has 9 heteroatoms. The van der Waals surface area contributed by atoms with Gasteiger partial charge < -0.3 is 9.47 Å². The number of rotatable bonds is 9. The summed E-state index contributed by atoms with van der Waals surface area (Å²) < 4.78 is 39.3. The Kier molecular flexibility index (Phi) is 8.70. The first kappa shape index (κ1) is 25.9. The van der Waals surface area contributed by atoms with E-state index < -0.39 is 10.0 Å². The normalized spacial score (nSPS) is 16.2. The van der Waals surface area contributed by atoms with Crippen LogP contribution in [0.25, 0.3) is 0 Å². The van der Waals surface area contributed by atoms with Gasteiger partial charge in [-0.2, -0.15) is 4.31 Å². The van der Waals surface area contributed by atoms with Crippen LogP contribution in [0.2, 0.25) is 10.0 Å². The summed E-state index contributed by atoms with van der Waals surface area (Å²) in [4.78, 5) is 2.45. The molecule has 3 aromatic rings. The topological polar surface area (TPSA) is 59.1 Å². The van der Waals surface area contributed by atoms with E-state index >= 15 is 0 Å². The zero-order valence-corrected chi connectivity index (χ0v) is 21.8. The van der Waals surface area contributed by atoms with Gasteiger partial charge in [0, 0.05) is 42.8 Å². The molecule has 0 saturated carbocycles. The van der Waals surface area contributed by atoms with Gasteiger partial charge in [0.2, 0.25) is 10.0 Å². The fourth-order valence-corrected chi connectivity index (χ4v) is 5.90. The number of halogens is 2. The molecular weight excluding hydrogens is 507 g/mol. The predicted octanol–water partition coefficient (Wildman–Crippen LogP) is 5.27. The maximum absolute atomic E-state index is 13.0. The third kappa shape index (κ3) is 6.76. The number of benzene rings is 3. The van der Waals surface area contributed by atoms with Crippen molar-refractivity contribution in [2.45, 2.75) is 17.6 Å². The number of methoxy groups -OCH3 is 1. The molecule has 1 fully saturated rings. The van der Waals surface area contributed by atoms with Gasteiger partial charge in [-0.1, -0.05) is 53.5 Å². The summed E-state index contributed by atoms with van der Waals surface area (Å²) in [6.45, 7) is 3.07. The Morgan fingerprint density at radius 2 is 1.60 bits per heavy atom. The second kappa shape index (κ2) is 11.7. The largest absolute Gasteiger partial charge is 0.497 e. The summed E-state index contributed by atoms with van der Waals surface area (Å²) in [5.41, 5.74) is 2.03. The van der Waals surface area contributed by atoms with Crippen molar-refractivity contribution >= 4 is 33.2 Å². The maximum Gasteiger partial charge on any atom is 0.243 e. The Morgan fingerprint density at radius 1 is 0.886 bits per heavy atom. The van der Waals surface area contributed by atoms with E-state index in [2.05, 4.69) is 4.90 Å². The molecule has 1 aliphatic rings. The summed E-state index contributed by atoms with van der Waals surface area (Å²) >= 11 is 12.1. The molecule has 1 atom stereocenters. The highest BCUT2D eigenvalue weighted by atomic mass is 35.5. The summed E-state index contributed by atoms with van der Waals surface area (Å²) in [6, 6.07) is 21.8. The molecule has 6 nitrogen and oxygen atoms in total. The van der Waals surface area contributed by atoms with Crippen LogP contribution < -0.4 is 4.74 Å². The molecule has 4 rings (SSSR count). The van der Waals surface area contributed by atoms with Crippen molar-refractivity contribution in [2.24, 2.45) is 0 Å². The van der Waals surface area contributed by atoms with E-state index in [1.165, 1.54) is 10.4 Å². The van der Waals surface area contributed by atoms with Gasteiger partial charge in [0.25, 0.3) is 0 Å². The zero-order chi connectivity index (χ0) is 24.8. The summed E-state index contributed by atoms with van der Waals surface area (Å²) in [5, 5.41) is 1.07. The van der Waals surface area contributed by atoms with E-state index in [1.54, 1.807) is 25.3 Å². The van der Waals surface area contributed by atoms with Crippen LogP contribution in [0.4, 0.5) is 0 Å². The Morgan fingerprint density at radius 3 is 2.29 bits per heavy atom. The number of ether oxygens (including phenoxy) is 2. The third-order valence-corrected chi connectivity index (χ3v) is 8.40. The highest BCUT2D eigenvalue weighted by molar-refractivity contribution is 7.89. The molecule has 0 aromatic heterocycles. The summed E-state index contributed by atoms with van der Waals surface area (Å²) in [5.74, 6) is 0.783. The first-order valence-electron chi connectivity index (χ1n) is 11.3. The lowest BCUT2D eigenvalue weighted by Crippen LogP contribution is -2.49. The van der Waals surface area contributed by atoms with Crippen LogP contribution in [0.5, 0.6) is 5.75 Å².